The molecule has 6 heteroatoms. The zero-order chi connectivity index (χ0) is 16.1. The average molecular weight is 323 g/mol. The van der Waals surface area contributed by atoms with E-state index in [0.29, 0.717) is 17.9 Å². The summed E-state index contributed by atoms with van der Waals surface area (Å²) in [6, 6.07) is 11.6. The van der Waals surface area contributed by atoms with Crippen molar-refractivity contribution in [2.75, 3.05) is 31.1 Å². The molecule has 3 fully saturated rings. The van der Waals surface area contributed by atoms with Gasteiger partial charge in [-0.2, -0.15) is 0 Å². The number of piperidine rings is 1. The number of anilines is 1. The van der Waals surface area contributed by atoms with Gasteiger partial charge in [0.2, 0.25) is 0 Å². The molecule has 5 heterocycles. The lowest BCUT2D eigenvalue weighted by Gasteiger charge is -2.29. The summed E-state index contributed by atoms with van der Waals surface area (Å²) in [6.07, 6.45) is 2.37. The molecule has 6 rings (SSSR count). The number of rotatable bonds is 2. The van der Waals surface area contributed by atoms with E-state index in [1.165, 1.54) is 36.8 Å². The first-order valence-electron chi connectivity index (χ1n) is 8.67. The predicted octanol–water partition coefficient (Wildman–Crippen LogP) is 2.51. The predicted molar refractivity (Wildman–Crippen MR) is 93.0 cm³/mol. The molecule has 3 aromatic rings. The Balaban J connectivity index is 1.51. The first kappa shape index (κ1) is 14.0. The van der Waals surface area contributed by atoms with Crippen molar-refractivity contribution in [1.29, 1.82) is 0 Å². The quantitative estimate of drug-likeness (QED) is 0.725. The average Bonchev–Trinajstić information content (AvgIpc) is 3.10. The van der Waals surface area contributed by atoms with Crippen LogP contribution < -0.4 is 4.90 Å². The molecule has 124 valence electrons. The van der Waals surface area contributed by atoms with Gasteiger partial charge in [-0.15, -0.1) is 5.10 Å². The number of fused-ring (bicyclic) bond motifs is 5. The molecule has 0 atom stereocenters. The van der Waals surface area contributed by atoms with Crippen LogP contribution in [0, 0.1) is 0 Å². The molecular formula is C18H21N5O. The monoisotopic (exact) mass is 323 g/mol. The molecule has 24 heavy (non-hydrogen) atoms. The Morgan fingerprint density at radius 3 is 2.71 bits per heavy atom. The number of para-hydroxylation sites is 1. The maximum absolute atomic E-state index is 6.09. The second kappa shape index (κ2) is 5.34. The van der Waals surface area contributed by atoms with E-state index in [0.717, 1.165) is 18.8 Å². The van der Waals surface area contributed by atoms with Gasteiger partial charge < -0.3 is 18.8 Å². The van der Waals surface area contributed by atoms with Gasteiger partial charge in [0.25, 0.3) is 5.89 Å². The topological polar surface area (TPSA) is 50.3 Å². The molecule has 3 saturated heterocycles. The Morgan fingerprint density at radius 1 is 1.04 bits per heavy atom. The van der Waals surface area contributed by atoms with Crippen LogP contribution in [0.15, 0.2) is 34.7 Å². The highest BCUT2D eigenvalue weighted by Gasteiger charge is 2.32. The molecule has 2 bridgehead atoms. The lowest BCUT2D eigenvalue weighted by atomic mass is 10.1. The Kier molecular flexibility index (Phi) is 3.13. The van der Waals surface area contributed by atoms with Gasteiger partial charge in [-0.1, -0.05) is 23.3 Å². The smallest absolute Gasteiger partial charge is 0.318 e. The molecule has 0 radical (unpaired) electrons. The Hall–Kier alpha value is -2.34. The largest absolute Gasteiger partial charge is 0.402 e. The van der Waals surface area contributed by atoms with Crippen molar-refractivity contribution >= 4 is 16.9 Å². The summed E-state index contributed by atoms with van der Waals surface area (Å²) in [6.45, 7) is 4.43. The fourth-order valence-electron chi connectivity index (χ4n) is 4.07. The lowest BCUT2D eigenvalue weighted by Crippen LogP contribution is -2.38. The SMILES string of the molecule is Cn1c(-c2nnc(N3CCN4CCC3CC4)o2)cc2ccccc21. The summed E-state index contributed by atoms with van der Waals surface area (Å²) in [5, 5.41) is 9.89. The van der Waals surface area contributed by atoms with Crippen molar-refractivity contribution in [1.82, 2.24) is 19.7 Å². The van der Waals surface area contributed by atoms with Crippen LogP contribution in [0.1, 0.15) is 12.8 Å². The standard InChI is InChI=1S/C18H21N5O/c1-21-15-5-3-2-4-13(15)12-16(21)17-19-20-18(24-17)23-11-10-22-8-6-14(23)7-9-22/h2-5,12,14H,6-11H2,1H3. The van der Waals surface area contributed by atoms with E-state index in [-0.39, 0.29) is 0 Å². The number of hydrogen-bond donors (Lipinski definition) is 0. The third-order valence-corrected chi connectivity index (χ3v) is 5.49. The van der Waals surface area contributed by atoms with Crippen molar-refractivity contribution in [3.63, 3.8) is 0 Å². The van der Waals surface area contributed by atoms with Gasteiger partial charge in [0, 0.05) is 50.2 Å². The molecule has 3 aliphatic heterocycles. The molecule has 6 nitrogen and oxygen atoms in total. The van der Waals surface area contributed by atoms with Crippen LogP contribution in [0.5, 0.6) is 0 Å². The molecule has 0 unspecified atom stereocenters. The van der Waals surface area contributed by atoms with Crippen LogP contribution in [-0.4, -0.2) is 51.9 Å². The first-order valence-corrected chi connectivity index (χ1v) is 8.67. The Bertz CT molecular complexity index is 875. The Labute approximate surface area is 140 Å². The van der Waals surface area contributed by atoms with E-state index in [2.05, 4.69) is 54.9 Å². The van der Waals surface area contributed by atoms with Crippen LogP contribution in [0.4, 0.5) is 6.01 Å². The number of hydrogen-bond acceptors (Lipinski definition) is 5. The zero-order valence-corrected chi connectivity index (χ0v) is 13.9. The van der Waals surface area contributed by atoms with Crippen LogP contribution in [0.25, 0.3) is 22.5 Å². The highest BCUT2D eigenvalue weighted by atomic mass is 16.4. The van der Waals surface area contributed by atoms with E-state index in [1.54, 1.807) is 0 Å². The number of aromatic nitrogens is 3. The molecular weight excluding hydrogens is 302 g/mol. The molecule has 3 aliphatic rings. The summed E-state index contributed by atoms with van der Waals surface area (Å²) in [4.78, 5) is 4.84. The second-order valence-corrected chi connectivity index (χ2v) is 6.80. The molecule has 0 N–H and O–H groups in total. The van der Waals surface area contributed by atoms with Gasteiger partial charge in [0.05, 0.1) is 0 Å². The number of nitrogens with zero attached hydrogens (tertiary/aromatic N) is 5. The minimum Gasteiger partial charge on any atom is -0.402 e. The summed E-state index contributed by atoms with van der Waals surface area (Å²) in [5.74, 6) is 0.600. The first-order chi connectivity index (χ1) is 11.8. The van der Waals surface area contributed by atoms with Gasteiger partial charge in [0.15, 0.2) is 0 Å². The normalized spacial score (nSPS) is 23.8. The van der Waals surface area contributed by atoms with Crippen molar-refractivity contribution in [3.05, 3.63) is 30.3 Å². The summed E-state index contributed by atoms with van der Waals surface area (Å²) in [7, 11) is 2.04. The highest BCUT2D eigenvalue weighted by Crippen LogP contribution is 2.30. The van der Waals surface area contributed by atoms with Gasteiger partial charge >= 0.3 is 6.01 Å². The molecule has 0 spiro atoms. The van der Waals surface area contributed by atoms with Crippen LogP contribution in [-0.2, 0) is 7.05 Å². The molecule has 1 aromatic carbocycles. The van der Waals surface area contributed by atoms with Gasteiger partial charge in [0.1, 0.15) is 5.69 Å². The van der Waals surface area contributed by atoms with Crippen molar-refractivity contribution in [3.8, 4) is 11.6 Å². The van der Waals surface area contributed by atoms with Crippen LogP contribution in [0.3, 0.4) is 0 Å². The molecule has 0 saturated carbocycles. The van der Waals surface area contributed by atoms with Crippen molar-refractivity contribution in [2.24, 2.45) is 7.05 Å². The fourth-order valence-corrected chi connectivity index (χ4v) is 4.07. The van der Waals surface area contributed by atoms with Gasteiger partial charge in [-0.25, -0.2) is 0 Å². The summed E-state index contributed by atoms with van der Waals surface area (Å²) in [5.41, 5.74) is 2.14. The van der Waals surface area contributed by atoms with Gasteiger partial charge in [-0.3, -0.25) is 0 Å². The van der Waals surface area contributed by atoms with E-state index >= 15 is 0 Å². The maximum atomic E-state index is 6.09. The highest BCUT2D eigenvalue weighted by molar-refractivity contribution is 5.85. The van der Waals surface area contributed by atoms with Gasteiger partial charge in [-0.05, 0) is 25.0 Å². The lowest BCUT2D eigenvalue weighted by molar-refractivity contribution is 0.249. The second-order valence-electron chi connectivity index (χ2n) is 6.80. The molecule has 0 aliphatic carbocycles. The van der Waals surface area contributed by atoms with Crippen LogP contribution >= 0.6 is 0 Å². The molecule has 2 aromatic heterocycles. The fraction of sp³-hybridized carbons (Fsp3) is 0.444. The minimum atomic E-state index is 0.532. The summed E-state index contributed by atoms with van der Waals surface area (Å²) < 4.78 is 8.21. The number of aryl methyl sites for hydroxylation is 1. The number of benzene rings is 1. The van der Waals surface area contributed by atoms with E-state index in [4.69, 9.17) is 4.42 Å². The molecule has 0 amide bonds. The third-order valence-electron chi connectivity index (χ3n) is 5.49. The Morgan fingerprint density at radius 2 is 1.88 bits per heavy atom. The van der Waals surface area contributed by atoms with Crippen molar-refractivity contribution < 1.29 is 4.42 Å². The van der Waals surface area contributed by atoms with Crippen LogP contribution in [0.2, 0.25) is 0 Å². The van der Waals surface area contributed by atoms with E-state index in [1.807, 2.05) is 7.05 Å². The zero-order valence-electron chi connectivity index (χ0n) is 13.9. The van der Waals surface area contributed by atoms with E-state index < -0.39 is 0 Å². The van der Waals surface area contributed by atoms with Crippen molar-refractivity contribution in [2.45, 2.75) is 18.9 Å². The summed E-state index contributed by atoms with van der Waals surface area (Å²) >= 11 is 0. The minimum absolute atomic E-state index is 0.532. The maximum Gasteiger partial charge on any atom is 0.318 e. The van der Waals surface area contributed by atoms with E-state index in [9.17, 15) is 0 Å². The third kappa shape index (κ3) is 2.13.